The Morgan fingerprint density at radius 2 is 2.05 bits per heavy atom. The number of aromatic nitrogens is 2. The number of nitriles is 1. The van der Waals surface area contributed by atoms with Gasteiger partial charge in [-0.3, -0.25) is 0 Å². The van der Waals surface area contributed by atoms with Crippen LogP contribution in [0.15, 0.2) is 36.5 Å². The first kappa shape index (κ1) is 12.5. The Morgan fingerprint density at radius 3 is 2.75 bits per heavy atom. The van der Waals surface area contributed by atoms with Crippen LogP contribution in [0.2, 0.25) is 0 Å². The molecule has 0 unspecified atom stereocenters. The largest absolute Gasteiger partial charge is 0.339 e. The first-order chi connectivity index (χ1) is 9.62. The molecule has 1 aromatic carbocycles. The highest BCUT2D eigenvalue weighted by Gasteiger charge is 2.42. The van der Waals surface area contributed by atoms with Crippen molar-refractivity contribution in [2.24, 2.45) is 0 Å². The van der Waals surface area contributed by atoms with Gasteiger partial charge in [0.25, 0.3) is 0 Å². The van der Waals surface area contributed by atoms with Crippen LogP contribution in [0.3, 0.4) is 0 Å². The minimum atomic E-state index is -0.239. The molecule has 0 aliphatic carbocycles. The Bertz CT molecular complexity index is 686. The van der Waals surface area contributed by atoms with Crippen molar-refractivity contribution in [3.05, 3.63) is 53.6 Å². The third-order valence-electron chi connectivity index (χ3n) is 3.64. The zero-order chi connectivity index (χ0) is 14.2. The van der Waals surface area contributed by atoms with Gasteiger partial charge >= 0.3 is 0 Å². The topological polar surface area (TPSA) is 52.8 Å². The van der Waals surface area contributed by atoms with Crippen LogP contribution in [0, 0.1) is 17.1 Å². The lowest BCUT2D eigenvalue weighted by atomic mass is 9.75. The zero-order valence-corrected chi connectivity index (χ0v) is 11.0. The second-order valence-corrected chi connectivity index (χ2v) is 5.25. The van der Waals surface area contributed by atoms with Crippen molar-refractivity contribution in [1.29, 1.82) is 5.26 Å². The monoisotopic (exact) mass is 268 g/mol. The third kappa shape index (κ3) is 1.99. The molecule has 2 heterocycles. The highest BCUT2D eigenvalue weighted by atomic mass is 19.1. The van der Waals surface area contributed by atoms with Crippen LogP contribution in [-0.4, -0.2) is 23.1 Å². The molecular weight excluding hydrogens is 255 g/mol. The van der Waals surface area contributed by atoms with Gasteiger partial charge < -0.3 is 4.90 Å². The number of benzene rings is 1. The zero-order valence-electron chi connectivity index (χ0n) is 11.0. The summed E-state index contributed by atoms with van der Waals surface area (Å²) in [5.74, 6) is 0.346. The Balaban J connectivity index is 1.81. The standard InChI is InChI=1S/C15H13FN4/c1-15(12-4-2-3-5-13(12)16)9-20(10-15)14-18-7-6-11(8-17)19-14/h2-7H,9-10H2,1H3. The molecule has 100 valence electrons. The summed E-state index contributed by atoms with van der Waals surface area (Å²) in [7, 11) is 0. The summed E-state index contributed by atoms with van der Waals surface area (Å²) in [4.78, 5) is 10.3. The molecule has 0 N–H and O–H groups in total. The summed E-state index contributed by atoms with van der Waals surface area (Å²) in [5.41, 5.74) is 0.819. The average Bonchev–Trinajstić information content (AvgIpc) is 2.44. The van der Waals surface area contributed by atoms with Gasteiger partial charge in [-0.2, -0.15) is 5.26 Å². The molecule has 0 amide bonds. The van der Waals surface area contributed by atoms with Crippen molar-refractivity contribution in [1.82, 2.24) is 9.97 Å². The van der Waals surface area contributed by atoms with E-state index >= 15 is 0 Å². The van der Waals surface area contributed by atoms with Crippen LogP contribution in [-0.2, 0) is 5.41 Å². The summed E-state index contributed by atoms with van der Waals surface area (Å²) in [6.45, 7) is 3.31. The summed E-state index contributed by atoms with van der Waals surface area (Å²) in [6, 6.07) is 10.4. The van der Waals surface area contributed by atoms with Crippen molar-refractivity contribution in [2.75, 3.05) is 18.0 Å². The van der Waals surface area contributed by atoms with E-state index in [4.69, 9.17) is 5.26 Å². The van der Waals surface area contributed by atoms with E-state index in [9.17, 15) is 4.39 Å². The van der Waals surface area contributed by atoms with E-state index in [1.54, 1.807) is 18.3 Å². The van der Waals surface area contributed by atoms with Gasteiger partial charge in [0, 0.05) is 24.7 Å². The van der Waals surface area contributed by atoms with E-state index in [0.717, 1.165) is 0 Å². The van der Waals surface area contributed by atoms with Crippen molar-refractivity contribution in [3.8, 4) is 6.07 Å². The molecule has 4 nitrogen and oxygen atoms in total. The fourth-order valence-electron chi connectivity index (χ4n) is 2.62. The fourth-order valence-corrected chi connectivity index (χ4v) is 2.62. The molecule has 1 saturated heterocycles. The van der Waals surface area contributed by atoms with Gasteiger partial charge in [-0.05, 0) is 17.7 Å². The molecule has 2 aromatic rings. The predicted molar refractivity (Wildman–Crippen MR) is 72.7 cm³/mol. The molecule has 5 heteroatoms. The van der Waals surface area contributed by atoms with Crippen molar-refractivity contribution in [2.45, 2.75) is 12.3 Å². The lowest BCUT2D eigenvalue weighted by Gasteiger charge is -2.48. The van der Waals surface area contributed by atoms with Crippen LogP contribution in [0.1, 0.15) is 18.2 Å². The van der Waals surface area contributed by atoms with Crippen molar-refractivity contribution >= 4 is 5.95 Å². The van der Waals surface area contributed by atoms with E-state index in [0.29, 0.717) is 30.3 Å². The maximum atomic E-state index is 13.9. The molecule has 3 rings (SSSR count). The number of nitrogens with zero attached hydrogens (tertiary/aromatic N) is 4. The quantitative estimate of drug-likeness (QED) is 0.838. The number of hydrogen-bond acceptors (Lipinski definition) is 4. The van der Waals surface area contributed by atoms with Gasteiger partial charge in [0.05, 0.1) is 0 Å². The molecule has 0 spiro atoms. The lowest BCUT2D eigenvalue weighted by molar-refractivity contribution is 0.344. The maximum absolute atomic E-state index is 13.9. The smallest absolute Gasteiger partial charge is 0.226 e. The highest BCUT2D eigenvalue weighted by Crippen LogP contribution is 2.36. The third-order valence-corrected chi connectivity index (χ3v) is 3.64. The van der Waals surface area contributed by atoms with Crippen LogP contribution >= 0.6 is 0 Å². The molecule has 1 aliphatic rings. The first-order valence-electron chi connectivity index (χ1n) is 6.35. The van der Waals surface area contributed by atoms with E-state index in [2.05, 4.69) is 9.97 Å². The van der Waals surface area contributed by atoms with Gasteiger partial charge in [-0.25, -0.2) is 14.4 Å². The molecule has 0 saturated carbocycles. The van der Waals surface area contributed by atoms with Crippen LogP contribution in [0.4, 0.5) is 10.3 Å². The summed E-state index contributed by atoms with van der Waals surface area (Å²) < 4.78 is 13.9. The SMILES string of the molecule is CC1(c2ccccc2F)CN(c2nccc(C#N)n2)C1. The van der Waals surface area contributed by atoms with Crippen molar-refractivity contribution in [3.63, 3.8) is 0 Å². The fraction of sp³-hybridized carbons (Fsp3) is 0.267. The minimum absolute atomic E-state index is 0.179. The highest BCUT2D eigenvalue weighted by molar-refractivity contribution is 5.45. The molecule has 1 fully saturated rings. The molecule has 0 bridgehead atoms. The predicted octanol–water partition coefficient (Wildman–Crippen LogP) is 2.27. The Hall–Kier alpha value is -2.48. The Kier molecular flexibility index (Phi) is 2.87. The molecule has 0 atom stereocenters. The van der Waals surface area contributed by atoms with Gasteiger partial charge in [-0.15, -0.1) is 0 Å². The van der Waals surface area contributed by atoms with Crippen LogP contribution in [0.5, 0.6) is 0 Å². The normalized spacial score (nSPS) is 16.4. The Labute approximate surface area is 116 Å². The maximum Gasteiger partial charge on any atom is 0.226 e. The van der Waals surface area contributed by atoms with E-state index < -0.39 is 0 Å². The second kappa shape index (κ2) is 4.57. The average molecular weight is 268 g/mol. The molecule has 0 radical (unpaired) electrons. The number of rotatable bonds is 2. The van der Waals surface area contributed by atoms with Crippen molar-refractivity contribution < 1.29 is 4.39 Å². The lowest BCUT2D eigenvalue weighted by Crippen LogP contribution is -2.58. The van der Waals surface area contributed by atoms with Gasteiger partial charge in [0.15, 0.2) is 0 Å². The van der Waals surface area contributed by atoms with Gasteiger partial charge in [0.1, 0.15) is 17.6 Å². The van der Waals surface area contributed by atoms with E-state index in [-0.39, 0.29) is 11.2 Å². The molecular formula is C15H13FN4. The number of anilines is 1. The van der Waals surface area contributed by atoms with E-state index in [1.807, 2.05) is 30.0 Å². The van der Waals surface area contributed by atoms with E-state index in [1.165, 1.54) is 6.07 Å². The summed E-state index contributed by atoms with van der Waals surface area (Å²) >= 11 is 0. The van der Waals surface area contributed by atoms with Crippen LogP contribution < -0.4 is 4.90 Å². The number of hydrogen-bond donors (Lipinski definition) is 0. The minimum Gasteiger partial charge on any atom is -0.339 e. The first-order valence-corrected chi connectivity index (χ1v) is 6.35. The molecule has 1 aliphatic heterocycles. The van der Waals surface area contributed by atoms with Crippen LogP contribution in [0.25, 0.3) is 0 Å². The number of halogens is 1. The molecule has 1 aromatic heterocycles. The van der Waals surface area contributed by atoms with Gasteiger partial charge in [0.2, 0.25) is 5.95 Å². The second-order valence-electron chi connectivity index (χ2n) is 5.25. The summed E-state index contributed by atoms with van der Waals surface area (Å²) in [5, 5.41) is 8.84. The Morgan fingerprint density at radius 1 is 1.30 bits per heavy atom. The molecule has 20 heavy (non-hydrogen) atoms. The van der Waals surface area contributed by atoms with Gasteiger partial charge in [-0.1, -0.05) is 25.1 Å². The summed E-state index contributed by atoms with van der Waals surface area (Å²) in [6.07, 6.45) is 1.57.